The fraction of sp³-hybridized carbons (Fsp3) is 0.500. The van der Waals surface area contributed by atoms with E-state index in [0.29, 0.717) is 12.0 Å². The first-order valence-corrected chi connectivity index (χ1v) is 6.40. The normalized spacial score (nSPS) is 12.8. The van der Waals surface area contributed by atoms with E-state index in [1.807, 2.05) is 0 Å². The first kappa shape index (κ1) is 16.4. The Hall–Kier alpha value is -1.66. The van der Waals surface area contributed by atoms with E-state index in [9.17, 15) is 9.18 Å². The smallest absolute Gasteiger partial charge is 0.407 e. The Morgan fingerprint density at radius 1 is 1.40 bits per heavy atom. The Bertz CT molecular complexity index is 446. The van der Waals surface area contributed by atoms with Gasteiger partial charge in [-0.2, -0.15) is 0 Å². The number of nitrogens with one attached hydrogen (secondary N) is 1. The molecule has 0 aliphatic rings. The highest BCUT2D eigenvalue weighted by atomic mass is 19.1. The minimum atomic E-state index is -0.619. The maximum Gasteiger partial charge on any atom is 0.407 e. The summed E-state index contributed by atoms with van der Waals surface area (Å²) in [5, 5.41) is 2.57. The number of nitrogens with two attached hydrogens (primary N) is 1. The van der Waals surface area contributed by atoms with Crippen molar-refractivity contribution in [3.8, 4) is 0 Å². The number of halogens is 1. The Morgan fingerprint density at radius 2 is 2.05 bits per heavy atom. The van der Waals surface area contributed by atoms with Gasteiger partial charge in [0.25, 0.3) is 0 Å². The third-order valence-electron chi connectivity index (χ3n) is 2.49. The molecular weight excluding hydrogens is 263 g/mol. The van der Waals surface area contributed by atoms with Crippen LogP contribution in [0.2, 0.25) is 0 Å². The Morgan fingerprint density at radius 3 is 2.60 bits per heavy atom. The van der Waals surface area contributed by atoms with Gasteiger partial charge in [-0.1, -0.05) is 18.2 Å². The second-order valence-corrected chi connectivity index (χ2v) is 5.36. The van der Waals surface area contributed by atoms with Crippen molar-refractivity contribution in [3.63, 3.8) is 0 Å². The standard InChI is InChI=1S/C14H21FN2O3/c1-14(2,3)19-13(18)17-9-8-12(20-16)10-6-4-5-7-11(10)15/h4-7,12H,8-9,16H2,1-3H3,(H,17,18). The van der Waals surface area contributed by atoms with Gasteiger partial charge in [-0.3, -0.25) is 4.84 Å². The Kier molecular flexibility index (Phi) is 5.91. The maximum atomic E-state index is 13.6. The van der Waals surface area contributed by atoms with Crippen molar-refractivity contribution in [2.45, 2.75) is 38.9 Å². The Balaban J connectivity index is 2.47. The summed E-state index contributed by atoms with van der Waals surface area (Å²) >= 11 is 0. The van der Waals surface area contributed by atoms with Gasteiger partial charge >= 0.3 is 6.09 Å². The molecule has 112 valence electrons. The quantitative estimate of drug-likeness (QED) is 0.815. The van der Waals surface area contributed by atoms with Crippen molar-refractivity contribution in [1.82, 2.24) is 5.32 Å². The number of amides is 1. The topological polar surface area (TPSA) is 73.6 Å². The van der Waals surface area contributed by atoms with Crippen molar-refractivity contribution >= 4 is 6.09 Å². The minimum Gasteiger partial charge on any atom is -0.444 e. The lowest BCUT2D eigenvalue weighted by atomic mass is 10.1. The van der Waals surface area contributed by atoms with Crippen molar-refractivity contribution in [1.29, 1.82) is 0 Å². The fourth-order valence-electron chi connectivity index (χ4n) is 1.65. The lowest BCUT2D eigenvalue weighted by Crippen LogP contribution is -2.33. The van der Waals surface area contributed by atoms with E-state index in [1.54, 1.807) is 39.0 Å². The van der Waals surface area contributed by atoms with Crippen molar-refractivity contribution in [2.24, 2.45) is 5.90 Å². The van der Waals surface area contributed by atoms with E-state index in [1.165, 1.54) is 6.07 Å². The first-order chi connectivity index (χ1) is 9.33. The number of benzene rings is 1. The van der Waals surface area contributed by atoms with Crippen molar-refractivity contribution < 1.29 is 18.8 Å². The number of carbonyl (C=O) groups is 1. The zero-order chi connectivity index (χ0) is 15.2. The number of carbonyl (C=O) groups excluding carboxylic acids is 1. The summed E-state index contributed by atoms with van der Waals surface area (Å²) in [5.74, 6) is 4.79. The molecule has 5 nitrogen and oxygen atoms in total. The lowest BCUT2D eigenvalue weighted by molar-refractivity contribution is 0.0382. The van der Waals surface area contributed by atoms with Crippen LogP contribution in [0.15, 0.2) is 24.3 Å². The van der Waals surface area contributed by atoms with Gasteiger partial charge in [-0.15, -0.1) is 0 Å². The molecular formula is C14H21FN2O3. The molecule has 0 bridgehead atoms. The summed E-state index contributed by atoms with van der Waals surface area (Å²) < 4.78 is 18.7. The van der Waals surface area contributed by atoms with Crippen LogP contribution in [-0.4, -0.2) is 18.2 Å². The molecule has 0 saturated heterocycles. The third-order valence-corrected chi connectivity index (χ3v) is 2.49. The van der Waals surface area contributed by atoms with Crippen LogP contribution in [-0.2, 0) is 9.57 Å². The zero-order valence-corrected chi connectivity index (χ0v) is 12.0. The highest BCUT2D eigenvalue weighted by Crippen LogP contribution is 2.21. The van der Waals surface area contributed by atoms with Crippen LogP contribution < -0.4 is 11.2 Å². The molecule has 0 heterocycles. The monoisotopic (exact) mass is 284 g/mol. The van der Waals surface area contributed by atoms with E-state index in [2.05, 4.69) is 5.32 Å². The van der Waals surface area contributed by atoms with Crippen molar-refractivity contribution in [3.05, 3.63) is 35.6 Å². The molecule has 0 aromatic heterocycles. The van der Waals surface area contributed by atoms with Gasteiger partial charge in [0.05, 0.1) is 0 Å². The summed E-state index contributed by atoms with van der Waals surface area (Å²) in [6, 6.07) is 6.22. The molecule has 1 amide bonds. The summed E-state index contributed by atoms with van der Waals surface area (Å²) in [4.78, 5) is 16.2. The van der Waals surface area contributed by atoms with Crippen LogP contribution in [0.4, 0.5) is 9.18 Å². The first-order valence-electron chi connectivity index (χ1n) is 6.40. The highest BCUT2D eigenvalue weighted by molar-refractivity contribution is 5.67. The highest BCUT2D eigenvalue weighted by Gasteiger charge is 2.18. The van der Waals surface area contributed by atoms with Gasteiger partial charge in [0.1, 0.15) is 17.5 Å². The van der Waals surface area contributed by atoms with Crippen LogP contribution >= 0.6 is 0 Å². The molecule has 3 N–H and O–H groups in total. The summed E-state index contributed by atoms with van der Waals surface area (Å²) in [5.41, 5.74) is -0.194. The van der Waals surface area contributed by atoms with Gasteiger partial charge in [-0.25, -0.2) is 15.1 Å². The van der Waals surface area contributed by atoms with Gasteiger partial charge in [0, 0.05) is 12.1 Å². The molecule has 0 aliphatic heterocycles. The van der Waals surface area contributed by atoms with E-state index < -0.39 is 17.8 Å². The molecule has 6 heteroatoms. The molecule has 0 spiro atoms. The largest absolute Gasteiger partial charge is 0.444 e. The van der Waals surface area contributed by atoms with Crippen LogP contribution in [0, 0.1) is 5.82 Å². The molecule has 1 unspecified atom stereocenters. The summed E-state index contributed by atoms with van der Waals surface area (Å²) in [7, 11) is 0. The second kappa shape index (κ2) is 7.21. The van der Waals surface area contributed by atoms with E-state index >= 15 is 0 Å². The number of ether oxygens (including phenoxy) is 1. The van der Waals surface area contributed by atoms with Gasteiger partial charge in [-0.05, 0) is 33.3 Å². The SMILES string of the molecule is CC(C)(C)OC(=O)NCCC(ON)c1ccccc1F. The number of hydrogen-bond donors (Lipinski definition) is 2. The number of rotatable bonds is 5. The molecule has 1 aromatic carbocycles. The molecule has 0 aliphatic carbocycles. The summed E-state index contributed by atoms with van der Waals surface area (Å²) in [6.07, 6.45) is -0.801. The van der Waals surface area contributed by atoms with Crippen molar-refractivity contribution in [2.75, 3.05) is 6.54 Å². The third kappa shape index (κ3) is 5.54. The predicted molar refractivity (Wildman–Crippen MR) is 73.3 cm³/mol. The van der Waals surface area contributed by atoms with Gasteiger partial charge < -0.3 is 10.1 Å². The van der Waals surface area contributed by atoms with E-state index in [4.69, 9.17) is 15.5 Å². The fourth-order valence-corrected chi connectivity index (χ4v) is 1.65. The minimum absolute atomic E-state index is 0.269. The zero-order valence-electron chi connectivity index (χ0n) is 12.0. The molecule has 0 fully saturated rings. The second-order valence-electron chi connectivity index (χ2n) is 5.36. The molecule has 20 heavy (non-hydrogen) atoms. The predicted octanol–water partition coefficient (Wildman–Crippen LogP) is 2.67. The average molecular weight is 284 g/mol. The Labute approximate surface area is 118 Å². The number of alkyl carbamates (subject to hydrolysis) is 1. The number of hydrogen-bond acceptors (Lipinski definition) is 4. The molecule has 0 radical (unpaired) electrons. The van der Waals surface area contributed by atoms with Gasteiger partial charge in [0.2, 0.25) is 0 Å². The average Bonchev–Trinajstić information content (AvgIpc) is 2.34. The van der Waals surface area contributed by atoms with Crippen LogP contribution in [0.25, 0.3) is 0 Å². The van der Waals surface area contributed by atoms with E-state index in [-0.39, 0.29) is 12.4 Å². The van der Waals surface area contributed by atoms with Crippen LogP contribution in [0.5, 0.6) is 0 Å². The summed E-state index contributed by atoms with van der Waals surface area (Å²) in [6.45, 7) is 5.60. The molecule has 1 atom stereocenters. The van der Waals surface area contributed by atoms with Gasteiger partial charge in [0.15, 0.2) is 0 Å². The van der Waals surface area contributed by atoms with Crippen LogP contribution in [0.1, 0.15) is 38.9 Å². The lowest BCUT2D eigenvalue weighted by Gasteiger charge is -2.20. The molecule has 0 saturated carbocycles. The maximum absolute atomic E-state index is 13.6. The van der Waals surface area contributed by atoms with Crippen LogP contribution in [0.3, 0.4) is 0 Å². The molecule has 1 rings (SSSR count). The molecule has 1 aromatic rings. The van der Waals surface area contributed by atoms with E-state index in [0.717, 1.165) is 0 Å².